The van der Waals surface area contributed by atoms with Crippen molar-refractivity contribution in [3.63, 3.8) is 0 Å². The Hall–Kier alpha value is -1.66. The van der Waals surface area contributed by atoms with Crippen molar-refractivity contribution in [3.8, 4) is 0 Å². The molecule has 1 saturated heterocycles. The van der Waals surface area contributed by atoms with Crippen molar-refractivity contribution in [3.05, 3.63) is 33.9 Å². The van der Waals surface area contributed by atoms with Crippen LogP contribution in [0.5, 0.6) is 0 Å². The molecule has 116 valence electrons. The molecule has 0 unspecified atom stereocenters. The number of halogens is 2. The van der Waals surface area contributed by atoms with Gasteiger partial charge in [-0.15, -0.1) is 11.3 Å². The molecular weight excluding hydrogens is 327 g/mol. The van der Waals surface area contributed by atoms with E-state index in [0.29, 0.717) is 33.0 Å². The Morgan fingerprint density at radius 3 is 3.05 bits per heavy atom. The molecule has 0 spiro atoms. The van der Waals surface area contributed by atoms with Gasteiger partial charge in [0.25, 0.3) is 5.91 Å². The number of thiophene rings is 1. The van der Waals surface area contributed by atoms with Gasteiger partial charge in [-0.05, 0) is 37.5 Å². The van der Waals surface area contributed by atoms with Crippen LogP contribution in [0.2, 0.25) is 5.02 Å². The van der Waals surface area contributed by atoms with Gasteiger partial charge in [0, 0.05) is 16.6 Å². The van der Waals surface area contributed by atoms with Gasteiger partial charge in [0.1, 0.15) is 16.7 Å². The van der Waals surface area contributed by atoms with Gasteiger partial charge in [0.15, 0.2) is 0 Å². The summed E-state index contributed by atoms with van der Waals surface area (Å²) in [6.45, 7) is 0.633. The molecule has 2 amide bonds. The van der Waals surface area contributed by atoms with E-state index in [4.69, 9.17) is 11.6 Å². The second-order valence-electron chi connectivity index (χ2n) is 5.20. The van der Waals surface area contributed by atoms with Crippen LogP contribution in [0.4, 0.5) is 4.39 Å². The minimum Gasteiger partial charge on any atom is -0.354 e. The van der Waals surface area contributed by atoms with Gasteiger partial charge < -0.3 is 10.6 Å². The van der Waals surface area contributed by atoms with Gasteiger partial charge in [-0.3, -0.25) is 9.59 Å². The molecule has 1 fully saturated rings. The predicted molar refractivity (Wildman–Crippen MR) is 84.9 cm³/mol. The number of carbonyl (C=O) groups excluding carboxylic acids is 2. The summed E-state index contributed by atoms with van der Waals surface area (Å²) >= 11 is 7.34. The number of amides is 2. The van der Waals surface area contributed by atoms with Crippen LogP contribution in [-0.2, 0) is 4.79 Å². The van der Waals surface area contributed by atoms with Gasteiger partial charge in [-0.2, -0.15) is 0 Å². The lowest BCUT2D eigenvalue weighted by Gasteiger charge is -2.14. The molecule has 1 aliphatic heterocycles. The molecule has 2 aromatic rings. The molecule has 1 aliphatic rings. The average Bonchev–Trinajstić information content (AvgIpc) is 2.67. The van der Waals surface area contributed by atoms with E-state index in [1.54, 1.807) is 6.07 Å². The van der Waals surface area contributed by atoms with Crippen molar-refractivity contribution in [2.45, 2.75) is 25.3 Å². The largest absolute Gasteiger partial charge is 0.354 e. The van der Waals surface area contributed by atoms with E-state index in [2.05, 4.69) is 10.6 Å². The Morgan fingerprint density at radius 1 is 1.41 bits per heavy atom. The fourth-order valence-corrected chi connectivity index (χ4v) is 3.93. The van der Waals surface area contributed by atoms with Crippen molar-refractivity contribution in [1.29, 1.82) is 0 Å². The monoisotopic (exact) mass is 340 g/mol. The van der Waals surface area contributed by atoms with Crippen molar-refractivity contribution >= 4 is 44.8 Å². The van der Waals surface area contributed by atoms with Gasteiger partial charge >= 0.3 is 0 Å². The zero-order chi connectivity index (χ0) is 15.7. The molecule has 1 atom stereocenters. The minimum atomic E-state index is -0.548. The quantitative estimate of drug-likeness (QED) is 0.882. The smallest absolute Gasteiger partial charge is 0.263 e. The van der Waals surface area contributed by atoms with Crippen LogP contribution in [0, 0.1) is 5.82 Å². The first-order valence-corrected chi connectivity index (χ1v) is 8.22. The van der Waals surface area contributed by atoms with Crippen molar-refractivity contribution in [1.82, 2.24) is 10.6 Å². The third-order valence-electron chi connectivity index (χ3n) is 3.64. The fraction of sp³-hybridized carbons (Fsp3) is 0.333. The summed E-state index contributed by atoms with van der Waals surface area (Å²) in [4.78, 5) is 24.6. The first kappa shape index (κ1) is 15.2. The van der Waals surface area contributed by atoms with Gasteiger partial charge in [-0.1, -0.05) is 11.6 Å². The molecule has 0 radical (unpaired) electrons. The van der Waals surface area contributed by atoms with E-state index in [1.807, 2.05) is 0 Å². The lowest BCUT2D eigenvalue weighted by atomic mass is 10.1. The number of benzene rings is 1. The van der Waals surface area contributed by atoms with Crippen molar-refractivity contribution in [2.24, 2.45) is 0 Å². The number of carbonyl (C=O) groups is 2. The first-order chi connectivity index (χ1) is 10.6. The van der Waals surface area contributed by atoms with E-state index >= 15 is 0 Å². The normalized spacial score (nSPS) is 18.8. The maximum Gasteiger partial charge on any atom is 0.263 e. The molecule has 2 heterocycles. The molecular formula is C15H14ClFN2O2S. The van der Waals surface area contributed by atoms with Crippen LogP contribution >= 0.6 is 22.9 Å². The Bertz CT molecular complexity index is 746. The third kappa shape index (κ3) is 2.94. The maximum atomic E-state index is 13.3. The topological polar surface area (TPSA) is 58.2 Å². The third-order valence-corrected chi connectivity index (χ3v) is 5.29. The number of nitrogens with one attached hydrogen (secondary N) is 2. The summed E-state index contributed by atoms with van der Waals surface area (Å²) in [6, 6.07) is 3.66. The molecule has 1 aromatic heterocycles. The lowest BCUT2D eigenvalue weighted by Crippen LogP contribution is -2.45. The summed E-state index contributed by atoms with van der Waals surface area (Å²) in [5.41, 5.74) is 0. The zero-order valence-corrected chi connectivity index (χ0v) is 13.2. The van der Waals surface area contributed by atoms with E-state index in [1.165, 1.54) is 12.1 Å². The van der Waals surface area contributed by atoms with E-state index in [9.17, 15) is 14.0 Å². The van der Waals surface area contributed by atoms with Gasteiger partial charge in [0.2, 0.25) is 5.91 Å². The Balaban J connectivity index is 1.85. The summed E-state index contributed by atoms with van der Waals surface area (Å²) in [5.74, 6) is -0.941. The SMILES string of the molecule is O=C(N[C@H]1CCCCNC1=O)c1sc2cc(F)ccc2c1Cl. The Kier molecular flexibility index (Phi) is 4.31. The predicted octanol–water partition coefficient (Wildman–Crippen LogP) is 3.09. The van der Waals surface area contributed by atoms with Crippen LogP contribution in [0.3, 0.4) is 0 Å². The number of hydrogen-bond donors (Lipinski definition) is 2. The highest BCUT2D eigenvalue weighted by molar-refractivity contribution is 7.21. The number of hydrogen-bond acceptors (Lipinski definition) is 3. The molecule has 3 rings (SSSR count). The van der Waals surface area contributed by atoms with Crippen molar-refractivity contribution in [2.75, 3.05) is 6.54 Å². The molecule has 1 aromatic carbocycles. The highest BCUT2D eigenvalue weighted by atomic mass is 35.5. The number of rotatable bonds is 2. The average molecular weight is 341 g/mol. The van der Waals surface area contributed by atoms with Crippen LogP contribution < -0.4 is 10.6 Å². The Morgan fingerprint density at radius 2 is 2.23 bits per heavy atom. The van der Waals surface area contributed by atoms with E-state index in [-0.39, 0.29) is 11.7 Å². The molecule has 0 saturated carbocycles. The highest BCUT2D eigenvalue weighted by Gasteiger charge is 2.25. The first-order valence-electron chi connectivity index (χ1n) is 7.02. The molecule has 7 heteroatoms. The zero-order valence-electron chi connectivity index (χ0n) is 11.6. The fourth-order valence-electron chi connectivity index (χ4n) is 2.49. The number of fused-ring (bicyclic) bond motifs is 1. The highest BCUT2D eigenvalue weighted by Crippen LogP contribution is 2.35. The van der Waals surface area contributed by atoms with Gasteiger partial charge in [-0.25, -0.2) is 4.39 Å². The summed E-state index contributed by atoms with van der Waals surface area (Å²) in [6.07, 6.45) is 2.38. The molecule has 22 heavy (non-hydrogen) atoms. The second-order valence-corrected chi connectivity index (χ2v) is 6.63. The summed E-state index contributed by atoms with van der Waals surface area (Å²) in [5, 5.41) is 6.43. The Labute approximate surface area is 135 Å². The van der Waals surface area contributed by atoms with E-state index < -0.39 is 11.9 Å². The van der Waals surface area contributed by atoms with E-state index in [0.717, 1.165) is 24.2 Å². The summed E-state index contributed by atoms with van der Waals surface area (Å²) < 4.78 is 13.9. The molecule has 2 N–H and O–H groups in total. The molecule has 0 aliphatic carbocycles. The second kappa shape index (κ2) is 6.22. The lowest BCUT2D eigenvalue weighted by molar-refractivity contribution is -0.122. The molecule has 0 bridgehead atoms. The minimum absolute atomic E-state index is 0.172. The standard InChI is InChI=1S/C15H14ClFN2O2S/c16-12-9-5-4-8(17)7-11(9)22-13(12)15(21)19-10-3-1-2-6-18-14(10)20/h4-5,7,10H,1-3,6H2,(H,18,20)(H,19,21)/t10-/m0/s1. The van der Waals surface area contributed by atoms with Crippen molar-refractivity contribution < 1.29 is 14.0 Å². The van der Waals surface area contributed by atoms with Gasteiger partial charge in [0.05, 0.1) is 5.02 Å². The maximum absolute atomic E-state index is 13.3. The van der Waals surface area contributed by atoms with Crippen LogP contribution in [0.1, 0.15) is 28.9 Å². The summed E-state index contributed by atoms with van der Waals surface area (Å²) in [7, 11) is 0. The van der Waals surface area contributed by atoms with Crippen LogP contribution in [0.15, 0.2) is 18.2 Å². The molecule has 4 nitrogen and oxygen atoms in total. The van der Waals surface area contributed by atoms with Crippen LogP contribution in [-0.4, -0.2) is 24.4 Å². The van der Waals surface area contributed by atoms with Crippen LogP contribution in [0.25, 0.3) is 10.1 Å².